The average Bonchev–Trinajstić information content (AvgIpc) is 3.49. The molecule has 11 heteroatoms. The molecule has 0 radical (unpaired) electrons. The third-order valence-corrected chi connectivity index (χ3v) is 6.58. The topological polar surface area (TPSA) is 206 Å². The highest BCUT2D eigenvalue weighted by atomic mass is 16.5. The Balaban J connectivity index is 1.50. The summed E-state index contributed by atoms with van der Waals surface area (Å²) in [6.07, 6.45) is -1.33. The van der Waals surface area contributed by atoms with Crippen molar-refractivity contribution in [1.82, 2.24) is 0 Å². The second-order valence-corrected chi connectivity index (χ2v) is 8.84. The van der Waals surface area contributed by atoms with E-state index in [-0.39, 0.29) is 34.2 Å². The molecule has 6 rings (SSSR count). The quantitative estimate of drug-likeness (QED) is 0.145. The zero-order chi connectivity index (χ0) is 26.7. The highest BCUT2D eigenvalue weighted by Crippen LogP contribution is 2.44. The van der Waals surface area contributed by atoms with Gasteiger partial charge in [0.25, 0.3) is 0 Å². The fourth-order valence-electron chi connectivity index (χ4n) is 4.89. The van der Waals surface area contributed by atoms with E-state index in [4.69, 9.17) is 42.2 Å². The molecule has 1 atom stereocenters. The number of primary amides is 1. The number of nitrogen functional groups attached to an aromatic ring is 4. The summed E-state index contributed by atoms with van der Waals surface area (Å²) in [6.45, 7) is -0.657. The largest absolute Gasteiger partial charge is 0.465 e. The predicted octanol–water partition coefficient (Wildman–Crippen LogP) is 4.10. The van der Waals surface area contributed by atoms with Gasteiger partial charge in [0.05, 0.1) is 45.8 Å². The number of nitrogens with zero attached hydrogens (tertiary/aromatic N) is 1. The molecule has 1 unspecified atom stereocenters. The molecule has 2 amide bonds. The first-order valence-electron chi connectivity index (χ1n) is 11.6. The molecule has 2 heterocycles. The van der Waals surface area contributed by atoms with Crippen LogP contribution < -0.4 is 38.3 Å². The van der Waals surface area contributed by atoms with Crippen LogP contribution in [0.2, 0.25) is 0 Å². The third-order valence-electron chi connectivity index (χ3n) is 6.58. The monoisotopic (exact) mass is 512 g/mol. The lowest BCUT2D eigenvalue weighted by Gasteiger charge is -2.31. The fourth-order valence-corrected chi connectivity index (χ4v) is 4.89. The van der Waals surface area contributed by atoms with E-state index in [1.165, 1.54) is 12.1 Å². The number of carbonyl (C=O) groups excluding carboxylic acids is 1. The minimum atomic E-state index is -1.33. The number of benzene rings is 4. The first-order chi connectivity index (χ1) is 18.3. The Morgan fingerprint density at radius 3 is 1.92 bits per heavy atom. The van der Waals surface area contributed by atoms with Gasteiger partial charge in [-0.25, -0.2) is 4.79 Å². The maximum absolute atomic E-state index is 12.8. The van der Waals surface area contributed by atoms with Crippen molar-refractivity contribution in [2.24, 2.45) is 5.73 Å². The number of aliphatic hydroxyl groups excluding tert-OH is 1. The summed E-state index contributed by atoms with van der Waals surface area (Å²) in [5, 5.41) is 12.8. The summed E-state index contributed by atoms with van der Waals surface area (Å²) in [7, 11) is 0. The van der Waals surface area contributed by atoms with E-state index in [0.29, 0.717) is 38.5 Å². The number of fused-ring (bicyclic) bond motifs is 6. The van der Waals surface area contributed by atoms with E-state index in [0.717, 1.165) is 10.3 Å². The summed E-state index contributed by atoms with van der Waals surface area (Å²) < 4.78 is 17.8. The Labute approximate surface area is 214 Å². The van der Waals surface area contributed by atoms with Crippen molar-refractivity contribution >= 4 is 78.3 Å². The van der Waals surface area contributed by atoms with Gasteiger partial charge in [-0.05, 0) is 18.2 Å². The number of anilines is 5. The number of carbonyl (C=O) groups is 1. The van der Waals surface area contributed by atoms with Gasteiger partial charge in [0.2, 0.25) is 6.23 Å². The molecule has 38 heavy (non-hydrogen) atoms. The van der Waals surface area contributed by atoms with Crippen LogP contribution in [-0.2, 0) is 0 Å². The van der Waals surface area contributed by atoms with Crippen molar-refractivity contribution in [3.63, 3.8) is 0 Å². The lowest BCUT2D eigenvalue weighted by atomic mass is 10.1. The van der Waals surface area contributed by atoms with Gasteiger partial charge >= 0.3 is 6.03 Å². The fraction of sp³-hybridized carbons (Fsp3) is 0.0741. The number of rotatable bonds is 5. The predicted molar refractivity (Wildman–Crippen MR) is 149 cm³/mol. The number of hydrogen-bond donors (Lipinski definition) is 6. The zero-order valence-corrected chi connectivity index (χ0v) is 20.0. The maximum Gasteiger partial charge on any atom is 0.322 e. The van der Waals surface area contributed by atoms with Gasteiger partial charge in [-0.3, -0.25) is 4.90 Å². The minimum absolute atomic E-state index is 0.119. The molecule has 0 spiro atoms. The number of nitrogens with two attached hydrogens (primary N) is 5. The van der Waals surface area contributed by atoms with E-state index in [2.05, 4.69) is 0 Å². The summed E-state index contributed by atoms with van der Waals surface area (Å²) in [6, 6.07) is 16.5. The highest BCUT2D eigenvalue weighted by molar-refractivity contribution is 6.18. The molecule has 4 aromatic carbocycles. The van der Waals surface area contributed by atoms with Gasteiger partial charge in [0.15, 0.2) is 11.2 Å². The molecule has 192 valence electrons. The van der Waals surface area contributed by atoms with Crippen LogP contribution in [0.3, 0.4) is 0 Å². The normalized spacial score (nSPS) is 12.4. The lowest BCUT2D eigenvalue weighted by Crippen LogP contribution is -2.49. The molecule has 6 aromatic rings. The van der Waals surface area contributed by atoms with Crippen molar-refractivity contribution in [2.75, 3.05) is 34.4 Å². The maximum atomic E-state index is 12.8. The van der Waals surface area contributed by atoms with Crippen molar-refractivity contribution in [2.45, 2.75) is 6.23 Å². The average molecular weight is 513 g/mol. The van der Waals surface area contributed by atoms with E-state index in [9.17, 15) is 9.90 Å². The van der Waals surface area contributed by atoms with Crippen molar-refractivity contribution in [3.05, 3.63) is 60.7 Å². The molecule has 2 aromatic heterocycles. The van der Waals surface area contributed by atoms with Crippen molar-refractivity contribution < 1.29 is 23.5 Å². The Morgan fingerprint density at radius 1 is 0.842 bits per heavy atom. The molecular weight excluding hydrogens is 488 g/mol. The zero-order valence-electron chi connectivity index (χ0n) is 20.0. The van der Waals surface area contributed by atoms with Gasteiger partial charge in [0, 0.05) is 16.8 Å². The molecule has 0 aliphatic heterocycles. The van der Waals surface area contributed by atoms with Crippen molar-refractivity contribution in [1.29, 1.82) is 0 Å². The lowest BCUT2D eigenvalue weighted by molar-refractivity contribution is 0.117. The van der Waals surface area contributed by atoms with Crippen LogP contribution in [0.1, 0.15) is 0 Å². The number of ether oxygens (including phenoxy) is 1. The summed E-state index contributed by atoms with van der Waals surface area (Å²) >= 11 is 0. The van der Waals surface area contributed by atoms with E-state index < -0.39 is 18.9 Å². The molecule has 0 aliphatic carbocycles. The second kappa shape index (κ2) is 8.39. The Bertz CT molecular complexity index is 1890. The number of para-hydroxylation sites is 2. The minimum Gasteiger partial charge on any atom is -0.465 e. The molecule has 0 saturated carbocycles. The van der Waals surface area contributed by atoms with Crippen LogP contribution in [0, 0.1) is 0 Å². The van der Waals surface area contributed by atoms with Crippen LogP contribution in [0.4, 0.5) is 33.2 Å². The van der Waals surface area contributed by atoms with E-state index >= 15 is 0 Å². The van der Waals surface area contributed by atoms with Crippen LogP contribution in [-0.4, -0.2) is 24.0 Å². The smallest absolute Gasteiger partial charge is 0.322 e. The first kappa shape index (κ1) is 23.1. The van der Waals surface area contributed by atoms with Crippen LogP contribution in [0.15, 0.2) is 69.5 Å². The number of urea groups is 1. The van der Waals surface area contributed by atoms with Gasteiger partial charge in [0.1, 0.15) is 16.9 Å². The van der Waals surface area contributed by atoms with Gasteiger partial charge in [-0.15, -0.1) is 0 Å². The number of amides is 2. The van der Waals surface area contributed by atoms with Crippen LogP contribution in [0.5, 0.6) is 5.75 Å². The molecule has 11 nitrogen and oxygen atoms in total. The van der Waals surface area contributed by atoms with Gasteiger partial charge in [-0.1, -0.05) is 36.4 Å². The van der Waals surface area contributed by atoms with Gasteiger partial charge in [-0.2, -0.15) is 0 Å². The van der Waals surface area contributed by atoms with Crippen LogP contribution in [0.25, 0.3) is 43.9 Å². The number of aliphatic hydroxyl groups is 1. The van der Waals surface area contributed by atoms with Gasteiger partial charge < -0.3 is 47.3 Å². The Hall–Kier alpha value is -5.29. The first-order valence-corrected chi connectivity index (χ1v) is 11.6. The Kier molecular flexibility index (Phi) is 5.11. The Morgan fingerprint density at radius 2 is 1.37 bits per heavy atom. The molecular formula is C27H24N6O5. The van der Waals surface area contributed by atoms with E-state index in [1.807, 2.05) is 36.4 Å². The van der Waals surface area contributed by atoms with Crippen molar-refractivity contribution in [3.8, 4) is 5.75 Å². The molecule has 0 bridgehead atoms. The van der Waals surface area contributed by atoms with Crippen LogP contribution >= 0.6 is 0 Å². The summed E-state index contributed by atoms with van der Waals surface area (Å²) in [5.74, 6) is 0.119. The second-order valence-electron chi connectivity index (χ2n) is 8.84. The number of furan rings is 2. The summed E-state index contributed by atoms with van der Waals surface area (Å²) in [5.41, 5.74) is 34.3. The molecule has 11 N–H and O–H groups in total. The number of hydrogen-bond acceptors (Lipinski definition) is 9. The third kappa shape index (κ3) is 3.29. The SMILES string of the molecule is NC(=O)N(c1cc(N)c2oc3ccccc3c2c1N)C(CO)Oc1cc(N)c2oc3ccccc3c2c1N. The standard InChI is InChI=1S/C27H24N6O5/c28-14-9-16(23(30)21-12-5-1-3-7-17(12)37-25(14)21)33(27(32)35)20(11-34)36-19-10-15(29)26-22(24(19)31)13-6-2-4-8-18(13)38-26/h1-10,20,34H,11,28-31H2,(H2,32,35). The van der Waals surface area contributed by atoms with E-state index in [1.54, 1.807) is 12.1 Å². The highest BCUT2D eigenvalue weighted by Gasteiger charge is 2.30. The molecule has 0 saturated heterocycles. The molecule has 0 aliphatic rings. The summed E-state index contributed by atoms with van der Waals surface area (Å²) in [4.78, 5) is 13.8. The molecule has 0 fully saturated rings.